The lowest BCUT2D eigenvalue weighted by molar-refractivity contribution is -0.120. The van der Waals surface area contributed by atoms with Crippen LogP contribution in [-0.4, -0.2) is 65.2 Å². The number of carbonyl (C=O) groups is 1. The number of aliphatic hydroxyl groups excluding tert-OH is 1. The van der Waals surface area contributed by atoms with Gasteiger partial charge < -0.3 is 21.1 Å². The van der Waals surface area contributed by atoms with Gasteiger partial charge in [-0.05, 0) is 24.6 Å². The third kappa shape index (κ3) is 5.94. The van der Waals surface area contributed by atoms with Gasteiger partial charge in [-0.3, -0.25) is 9.69 Å². The number of likely N-dealkylation sites (tertiary alicyclic amines) is 1. The summed E-state index contributed by atoms with van der Waals surface area (Å²) in [6.45, 7) is 1.74. The molecule has 0 bridgehead atoms. The van der Waals surface area contributed by atoms with Crippen LogP contribution in [0.25, 0.3) is 0 Å². The number of nitrogens with zero attached hydrogens (tertiary/aromatic N) is 4. The number of hydrogen-bond donors (Lipinski definition) is 3. The zero-order valence-electron chi connectivity index (χ0n) is 17.1. The van der Waals surface area contributed by atoms with Gasteiger partial charge in [-0.1, -0.05) is 35.3 Å². The van der Waals surface area contributed by atoms with Gasteiger partial charge in [0.25, 0.3) is 0 Å². The van der Waals surface area contributed by atoms with Gasteiger partial charge in [-0.15, -0.1) is 0 Å². The average molecular weight is 471 g/mol. The molecule has 11 heteroatoms. The van der Waals surface area contributed by atoms with Crippen molar-refractivity contribution in [2.45, 2.75) is 19.1 Å². The van der Waals surface area contributed by atoms with E-state index in [2.05, 4.69) is 15.3 Å². The van der Waals surface area contributed by atoms with Gasteiger partial charge in [0.05, 0.1) is 22.7 Å². The van der Waals surface area contributed by atoms with Gasteiger partial charge in [0, 0.05) is 32.6 Å². The molecule has 0 radical (unpaired) electrons. The molecule has 1 aromatic carbocycles. The number of β-amino-alcohol motifs (C(OH)–C–C–N with tert-alkyl or cyclic N) is 1. The third-order valence-corrected chi connectivity index (χ3v) is 6.15. The van der Waals surface area contributed by atoms with E-state index in [-0.39, 0.29) is 24.1 Å². The lowest BCUT2D eigenvalue weighted by Crippen LogP contribution is -2.48. The van der Waals surface area contributed by atoms with Crippen LogP contribution in [0.15, 0.2) is 24.5 Å². The van der Waals surface area contributed by atoms with E-state index in [1.165, 1.54) is 6.33 Å². The smallest absolute Gasteiger partial charge is 0.231 e. The Labute approximate surface area is 190 Å². The highest BCUT2D eigenvalue weighted by Gasteiger charge is 2.28. The first kappa shape index (κ1) is 23.5. The van der Waals surface area contributed by atoms with Crippen LogP contribution in [0.4, 0.5) is 16.0 Å². The Hall–Kier alpha value is -2.20. The van der Waals surface area contributed by atoms with Crippen molar-refractivity contribution in [3.8, 4) is 0 Å². The number of amides is 1. The molecule has 0 saturated carbocycles. The highest BCUT2D eigenvalue weighted by molar-refractivity contribution is 6.42. The Morgan fingerprint density at radius 1 is 1.42 bits per heavy atom. The Morgan fingerprint density at radius 2 is 2.19 bits per heavy atom. The van der Waals surface area contributed by atoms with E-state index >= 15 is 4.39 Å². The largest absolute Gasteiger partial charge is 0.391 e. The van der Waals surface area contributed by atoms with Crippen LogP contribution in [0, 0.1) is 11.7 Å². The van der Waals surface area contributed by atoms with Crippen LogP contribution in [0.1, 0.15) is 12.0 Å². The summed E-state index contributed by atoms with van der Waals surface area (Å²) >= 11 is 12.3. The van der Waals surface area contributed by atoms with E-state index in [0.717, 1.165) is 5.56 Å². The van der Waals surface area contributed by atoms with Gasteiger partial charge in [0.2, 0.25) is 11.7 Å². The van der Waals surface area contributed by atoms with Crippen LogP contribution in [0.5, 0.6) is 0 Å². The number of anilines is 2. The first-order valence-corrected chi connectivity index (χ1v) is 10.6. The summed E-state index contributed by atoms with van der Waals surface area (Å²) in [5.74, 6) is -0.956. The molecule has 1 amide bonds. The minimum Gasteiger partial charge on any atom is -0.391 e. The monoisotopic (exact) mass is 470 g/mol. The van der Waals surface area contributed by atoms with Crippen molar-refractivity contribution in [2.75, 3.05) is 43.4 Å². The fraction of sp³-hybridized carbons (Fsp3) is 0.450. The lowest BCUT2D eigenvalue weighted by Gasteiger charge is -2.35. The van der Waals surface area contributed by atoms with Crippen LogP contribution < -0.4 is 16.0 Å². The van der Waals surface area contributed by atoms with Crippen molar-refractivity contribution < 1.29 is 14.3 Å². The molecular weight excluding hydrogens is 446 g/mol. The summed E-state index contributed by atoms with van der Waals surface area (Å²) in [6.07, 6.45) is 1.27. The quantitative estimate of drug-likeness (QED) is 0.542. The molecule has 0 spiro atoms. The molecule has 0 aliphatic carbocycles. The summed E-state index contributed by atoms with van der Waals surface area (Å²) in [7, 11) is 1.70. The van der Waals surface area contributed by atoms with Crippen LogP contribution in [0.3, 0.4) is 0 Å². The summed E-state index contributed by atoms with van der Waals surface area (Å²) < 4.78 is 15.1. The molecule has 2 aromatic rings. The van der Waals surface area contributed by atoms with Gasteiger partial charge in [-0.2, -0.15) is 4.39 Å². The van der Waals surface area contributed by atoms with E-state index in [9.17, 15) is 9.90 Å². The standard InChI is InChI=1S/C20H25Cl2FN6O2/c1-28(8-13-3-2-4-14(21)17(13)22)20-18(23)19(26-11-27-20)25-7-12-5-6-29(9-15(12)30)10-16(24)31/h2-4,11-12,15,30H,5-10H2,1H3,(H2,24,31)(H,25,26,27)/t12-,15+/m1/s1. The summed E-state index contributed by atoms with van der Waals surface area (Å²) in [5, 5.41) is 14.2. The molecule has 4 N–H and O–H groups in total. The van der Waals surface area contributed by atoms with E-state index in [4.69, 9.17) is 28.9 Å². The number of benzene rings is 1. The summed E-state index contributed by atoms with van der Waals surface area (Å²) in [4.78, 5) is 22.5. The Balaban J connectivity index is 1.63. The molecule has 0 unspecified atom stereocenters. The molecule has 1 fully saturated rings. The van der Waals surface area contributed by atoms with Crippen molar-refractivity contribution in [3.05, 3.63) is 46.0 Å². The van der Waals surface area contributed by atoms with Gasteiger partial charge in [0.15, 0.2) is 11.6 Å². The number of hydrogen-bond acceptors (Lipinski definition) is 7. The number of carbonyl (C=O) groups excluding carboxylic acids is 1. The minimum atomic E-state index is -0.655. The van der Waals surface area contributed by atoms with E-state index < -0.39 is 17.8 Å². The van der Waals surface area contributed by atoms with Gasteiger partial charge >= 0.3 is 0 Å². The predicted molar refractivity (Wildman–Crippen MR) is 119 cm³/mol. The molecule has 3 rings (SSSR count). The number of rotatable bonds is 8. The molecule has 31 heavy (non-hydrogen) atoms. The molecule has 1 aliphatic heterocycles. The third-order valence-electron chi connectivity index (χ3n) is 5.29. The van der Waals surface area contributed by atoms with Crippen molar-refractivity contribution in [3.63, 3.8) is 0 Å². The molecule has 1 aromatic heterocycles. The molecule has 2 atom stereocenters. The van der Waals surface area contributed by atoms with Crippen molar-refractivity contribution >= 4 is 40.7 Å². The van der Waals surface area contributed by atoms with Crippen molar-refractivity contribution in [1.82, 2.24) is 14.9 Å². The second-order valence-corrected chi connectivity index (χ2v) is 8.41. The molecule has 1 saturated heterocycles. The molecule has 1 aliphatic rings. The fourth-order valence-corrected chi connectivity index (χ4v) is 4.01. The van der Waals surface area contributed by atoms with Gasteiger partial charge in [0.1, 0.15) is 6.33 Å². The number of piperidine rings is 1. The highest BCUT2D eigenvalue weighted by Crippen LogP contribution is 2.29. The minimum absolute atomic E-state index is 0.0563. The maximum absolute atomic E-state index is 15.1. The molecule has 168 valence electrons. The van der Waals surface area contributed by atoms with E-state index in [0.29, 0.717) is 42.6 Å². The zero-order valence-corrected chi connectivity index (χ0v) is 18.6. The van der Waals surface area contributed by atoms with E-state index in [1.807, 2.05) is 11.0 Å². The Kier molecular flexibility index (Phi) is 7.88. The number of aliphatic hydroxyl groups is 1. The number of nitrogens with one attached hydrogen (secondary N) is 1. The fourth-order valence-electron chi connectivity index (χ4n) is 3.63. The Bertz CT molecular complexity index is 935. The van der Waals surface area contributed by atoms with E-state index in [1.54, 1.807) is 24.1 Å². The molecule has 8 nitrogen and oxygen atoms in total. The highest BCUT2D eigenvalue weighted by atomic mass is 35.5. The van der Waals surface area contributed by atoms with Crippen molar-refractivity contribution in [2.24, 2.45) is 11.7 Å². The SMILES string of the molecule is CN(Cc1cccc(Cl)c1Cl)c1ncnc(NC[C@H]2CCN(CC(N)=O)C[C@@H]2O)c1F. The maximum atomic E-state index is 15.1. The molecular formula is C20H25Cl2FN6O2. The first-order valence-electron chi connectivity index (χ1n) is 9.83. The first-order chi connectivity index (χ1) is 14.8. The van der Waals surface area contributed by atoms with Gasteiger partial charge in [-0.25, -0.2) is 9.97 Å². The summed E-state index contributed by atoms with van der Waals surface area (Å²) in [6, 6.07) is 5.28. The van der Waals surface area contributed by atoms with Crippen LogP contribution in [0.2, 0.25) is 10.0 Å². The van der Waals surface area contributed by atoms with Crippen LogP contribution in [-0.2, 0) is 11.3 Å². The lowest BCUT2D eigenvalue weighted by atomic mass is 9.94. The maximum Gasteiger partial charge on any atom is 0.231 e. The second-order valence-electron chi connectivity index (χ2n) is 7.63. The predicted octanol–water partition coefficient (Wildman–Crippen LogP) is 2.14. The number of primary amides is 1. The zero-order chi connectivity index (χ0) is 22.5. The normalized spacial score (nSPS) is 19.3. The number of nitrogens with two attached hydrogens (primary N) is 1. The topological polar surface area (TPSA) is 108 Å². The summed E-state index contributed by atoms with van der Waals surface area (Å²) in [5.41, 5.74) is 5.95. The number of aromatic nitrogens is 2. The van der Waals surface area contributed by atoms with Crippen LogP contribution >= 0.6 is 23.2 Å². The molecule has 2 heterocycles. The number of halogens is 3. The second kappa shape index (κ2) is 10.4. The average Bonchev–Trinajstić information content (AvgIpc) is 2.71. The Morgan fingerprint density at radius 3 is 2.90 bits per heavy atom. The van der Waals surface area contributed by atoms with Crippen molar-refractivity contribution in [1.29, 1.82) is 0 Å².